The van der Waals surface area contributed by atoms with Gasteiger partial charge in [0, 0.05) is 0 Å². The van der Waals surface area contributed by atoms with Crippen LogP contribution < -0.4 is 0 Å². The Morgan fingerprint density at radius 2 is 2.00 bits per heavy atom. The molecule has 0 aromatic heterocycles. The Kier molecular flexibility index (Phi) is 4.98. The first-order valence-electron chi connectivity index (χ1n) is 4.28. The fourth-order valence-electron chi connectivity index (χ4n) is 1.05. The minimum Gasteiger partial charge on any atom is -0.378 e. The normalized spacial score (nSPS) is 14.9. The highest BCUT2D eigenvalue weighted by atomic mass is 16.3. The van der Waals surface area contributed by atoms with Gasteiger partial charge in [0.1, 0.15) is 5.60 Å². The Hall–Kier alpha value is -0.480. The summed E-state index contributed by atoms with van der Waals surface area (Å²) in [5.41, 5.74) is -0.760. The van der Waals surface area contributed by atoms with Gasteiger partial charge in [-0.1, -0.05) is 25.7 Å². The highest BCUT2D eigenvalue weighted by Gasteiger charge is 2.14. The van der Waals surface area contributed by atoms with Crippen LogP contribution in [0.4, 0.5) is 0 Å². The van der Waals surface area contributed by atoms with Crippen molar-refractivity contribution < 1.29 is 5.11 Å². The summed E-state index contributed by atoms with van der Waals surface area (Å²) in [6.07, 6.45) is 4.23. The van der Waals surface area contributed by atoms with Gasteiger partial charge < -0.3 is 5.11 Å². The number of rotatable bonds is 4. The van der Waals surface area contributed by atoms with Gasteiger partial charge in [0.2, 0.25) is 0 Å². The maximum Gasteiger partial charge on any atom is 0.122 e. The van der Waals surface area contributed by atoms with Crippen molar-refractivity contribution >= 4 is 0 Å². The molecule has 0 spiro atoms. The minimum atomic E-state index is -0.760. The van der Waals surface area contributed by atoms with Crippen molar-refractivity contribution in [1.82, 2.24) is 0 Å². The number of unbranched alkanes of at least 4 members (excludes halogenated alkanes) is 2. The molecule has 0 bridgehead atoms. The molecule has 0 radical (unpaired) electrons. The summed E-state index contributed by atoms with van der Waals surface area (Å²) >= 11 is 0. The van der Waals surface area contributed by atoms with Gasteiger partial charge in [-0.25, -0.2) is 0 Å². The Bertz CT molecular complexity index is 148. The van der Waals surface area contributed by atoms with Crippen LogP contribution in [-0.2, 0) is 0 Å². The zero-order valence-corrected chi connectivity index (χ0v) is 7.78. The molecule has 64 valence electrons. The predicted octanol–water partition coefficient (Wildman–Crippen LogP) is 2.34. The Balaban J connectivity index is 3.61. The first-order valence-corrected chi connectivity index (χ1v) is 4.28. The fourth-order valence-corrected chi connectivity index (χ4v) is 1.05. The van der Waals surface area contributed by atoms with E-state index in [1.54, 1.807) is 13.8 Å². The lowest BCUT2D eigenvalue weighted by Crippen LogP contribution is -2.20. The SMILES string of the molecule is CC#C[C@@](C)(O)CCCCC. The second-order valence-electron chi connectivity index (χ2n) is 3.11. The van der Waals surface area contributed by atoms with E-state index in [0.29, 0.717) is 0 Å². The lowest BCUT2D eigenvalue weighted by molar-refractivity contribution is 0.109. The van der Waals surface area contributed by atoms with Crippen molar-refractivity contribution in [3.8, 4) is 11.8 Å². The topological polar surface area (TPSA) is 20.2 Å². The number of hydrogen-bond acceptors (Lipinski definition) is 1. The van der Waals surface area contributed by atoms with E-state index in [1.807, 2.05) is 0 Å². The summed E-state index contributed by atoms with van der Waals surface area (Å²) in [5.74, 6) is 5.52. The fraction of sp³-hybridized carbons (Fsp3) is 0.800. The quantitative estimate of drug-likeness (QED) is 0.487. The molecule has 0 heterocycles. The lowest BCUT2D eigenvalue weighted by Gasteiger charge is -2.15. The average molecular weight is 154 g/mol. The zero-order chi connectivity index (χ0) is 8.74. The van der Waals surface area contributed by atoms with Crippen molar-refractivity contribution in [2.45, 2.75) is 52.1 Å². The monoisotopic (exact) mass is 154 g/mol. The van der Waals surface area contributed by atoms with E-state index < -0.39 is 5.60 Å². The first kappa shape index (κ1) is 10.5. The molecule has 11 heavy (non-hydrogen) atoms. The number of aliphatic hydroxyl groups is 1. The molecule has 0 aromatic carbocycles. The molecule has 1 heteroatoms. The van der Waals surface area contributed by atoms with Gasteiger partial charge in [0.05, 0.1) is 0 Å². The van der Waals surface area contributed by atoms with Gasteiger partial charge in [-0.3, -0.25) is 0 Å². The standard InChI is InChI=1S/C10H18O/c1-4-6-7-9-10(3,11)8-5-2/h11H,4,6-7,9H2,1-3H3/t10-/m1/s1. The van der Waals surface area contributed by atoms with Gasteiger partial charge in [-0.2, -0.15) is 0 Å². The molecule has 0 saturated heterocycles. The molecular formula is C10H18O. The average Bonchev–Trinajstić information content (AvgIpc) is 1.87. The van der Waals surface area contributed by atoms with Gasteiger partial charge in [-0.15, -0.1) is 5.92 Å². The van der Waals surface area contributed by atoms with E-state index in [2.05, 4.69) is 18.8 Å². The summed E-state index contributed by atoms with van der Waals surface area (Å²) in [7, 11) is 0. The van der Waals surface area contributed by atoms with Crippen molar-refractivity contribution in [2.75, 3.05) is 0 Å². The van der Waals surface area contributed by atoms with Crippen LogP contribution in [0.3, 0.4) is 0 Å². The summed E-state index contributed by atoms with van der Waals surface area (Å²) in [6.45, 7) is 5.69. The van der Waals surface area contributed by atoms with Crippen molar-refractivity contribution in [3.05, 3.63) is 0 Å². The van der Waals surface area contributed by atoms with Crippen molar-refractivity contribution in [2.24, 2.45) is 0 Å². The molecule has 0 aliphatic carbocycles. The molecular weight excluding hydrogens is 136 g/mol. The molecule has 0 amide bonds. The van der Waals surface area contributed by atoms with Gasteiger partial charge in [0.25, 0.3) is 0 Å². The molecule has 1 nitrogen and oxygen atoms in total. The van der Waals surface area contributed by atoms with E-state index in [0.717, 1.165) is 12.8 Å². The van der Waals surface area contributed by atoms with E-state index in [4.69, 9.17) is 0 Å². The van der Waals surface area contributed by atoms with Crippen LogP contribution in [0.1, 0.15) is 46.5 Å². The third-order valence-electron chi connectivity index (χ3n) is 1.66. The highest BCUT2D eigenvalue weighted by molar-refractivity contribution is 5.09. The maximum atomic E-state index is 9.57. The molecule has 0 aliphatic rings. The molecule has 0 aliphatic heterocycles. The molecule has 0 fully saturated rings. The molecule has 0 aromatic rings. The highest BCUT2D eigenvalue weighted by Crippen LogP contribution is 2.12. The van der Waals surface area contributed by atoms with E-state index >= 15 is 0 Å². The van der Waals surface area contributed by atoms with Crippen LogP contribution >= 0.6 is 0 Å². The second-order valence-corrected chi connectivity index (χ2v) is 3.11. The van der Waals surface area contributed by atoms with E-state index in [9.17, 15) is 5.11 Å². The van der Waals surface area contributed by atoms with E-state index in [1.165, 1.54) is 12.8 Å². The lowest BCUT2D eigenvalue weighted by atomic mass is 9.99. The Morgan fingerprint density at radius 3 is 2.45 bits per heavy atom. The van der Waals surface area contributed by atoms with Gasteiger partial charge in [-0.05, 0) is 26.7 Å². The van der Waals surface area contributed by atoms with Gasteiger partial charge >= 0.3 is 0 Å². The molecule has 1 atom stereocenters. The van der Waals surface area contributed by atoms with E-state index in [-0.39, 0.29) is 0 Å². The van der Waals surface area contributed by atoms with Crippen LogP contribution in [-0.4, -0.2) is 10.7 Å². The third-order valence-corrected chi connectivity index (χ3v) is 1.66. The summed E-state index contributed by atoms with van der Waals surface area (Å²) < 4.78 is 0. The Labute approximate surface area is 69.8 Å². The molecule has 0 rings (SSSR count). The van der Waals surface area contributed by atoms with Crippen LogP contribution in [0, 0.1) is 11.8 Å². The summed E-state index contributed by atoms with van der Waals surface area (Å²) in [5, 5.41) is 9.57. The molecule has 1 N–H and O–H groups in total. The first-order chi connectivity index (χ1) is 5.12. The molecule has 0 unspecified atom stereocenters. The number of hydrogen-bond donors (Lipinski definition) is 1. The smallest absolute Gasteiger partial charge is 0.122 e. The third kappa shape index (κ3) is 5.94. The Morgan fingerprint density at radius 1 is 1.36 bits per heavy atom. The van der Waals surface area contributed by atoms with Crippen LogP contribution in [0.5, 0.6) is 0 Å². The maximum absolute atomic E-state index is 9.57. The summed E-state index contributed by atoms with van der Waals surface area (Å²) in [6, 6.07) is 0. The van der Waals surface area contributed by atoms with Crippen LogP contribution in [0.2, 0.25) is 0 Å². The van der Waals surface area contributed by atoms with Crippen molar-refractivity contribution in [3.63, 3.8) is 0 Å². The van der Waals surface area contributed by atoms with Crippen LogP contribution in [0.15, 0.2) is 0 Å². The zero-order valence-electron chi connectivity index (χ0n) is 7.78. The predicted molar refractivity (Wildman–Crippen MR) is 48.2 cm³/mol. The molecule has 0 saturated carbocycles. The second kappa shape index (κ2) is 5.21. The minimum absolute atomic E-state index is 0.760. The van der Waals surface area contributed by atoms with Crippen LogP contribution in [0.25, 0.3) is 0 Å². The van der Waals surface area contributed by atoms with Crippen molar-refractivity contribution in [1.29, 1.82) is 0 Å². The van der Waals surface area contributed by atoms with Gasteiger partial charge in [0.15, 0.2) is 0 Å². The summed E-state index contributed by atoms with van der Waals surface area (Å²) in [4.78, 5) is 0. The largest absolute Gasteiger partial charge is 0.378 e.